The van der Waals surface area contributed by atoms with Crippen LogP contribution in [0.15, 0.2) is 30.6 Å². The molecule has 1 aliphatic heterocycles. The largest absolute Gasteiger partial charge is 0.486 e. The van der Waals surface area contributed by atoms with Crippen LogP contribution in [0.3, 0.4) is 0 Å². The molecule has 1 aliphatic rings. The molecule has 0 fully saturated rings. The van der Waals surface area contributed by atoms with E-state index in [1.165, 1.54) is 11.9 Å². The summed E-state index contributed by atoms with van der Waals surface area (Å²) >= 11 is 0. The summed E-state index contributed by atoms with van der Waals surface area (Å²) in [6.07, 6.45) is 1.53. The molecule has 2 aromatic rings. The van der Waals surface area contributed by atoms with Crippen LogP contribution in [-0.2, 0) is 0 Å². The van der Waals surface area contributed by atoms with Gasteiger partial charge in [0.15, 0.2) is 0 Å². The van der Waals surface area contributed by atoms with Gasteiger partial charge in [-0.05, 0) is 26.8 Å². The van der Waals surface area contributed by atoms with E-state index in [4.69, 9.17) is 4.74 Å². The van der Waals surface area contributed by atoms with Crippen molar-refractivity contribution in [2.45, 2.75) is 38.5 Å². The van der Waals surface area contributed by atoms with Crippen LogP contribution in [-0.4, -0.2) is 20.8 Å². The molecule has 0 aliphatic carbocycles. The summed E-state index contributed by atoms with van der Waals surface area (Å²) in [5.41, 5.74) is 0.914. The molecule has 5 heteroatoms. The Bertz CT molecular complexity index is 565. The number of H-pyrrole nitrogens is 1. The molecule has 0 radical (unpaired) electrons. The molecule has 19 heavy (non-hydrogen) atoms. The highest BCUT2D eigenvalue weighted by Gasteiger charge is 2.41. The average Bonchev–Trinajstić information content (AvgIpc) is 2.96. The van der Waals surface area contributed by atoms with Crippen LogP contribution >= 0.6 is 0 Å². The van der Waals surface area contributed by atoms with Gasteiger partial charge in [0, 0.05) is 5.56 Å². The number of benzene rings is 1. The van der Waals surface area contributed by atoms with Gasteiger partial charge in [-0.15, -0.1) is 0 Å². The van der Waals surface area contributed by atoms with Crippen molar-refractivity contribution >= 4 is 0 Å². The van der Waals surface area contributed by atoms with E-state index in [2.05, 4.69) is 47.3 Å². The minimum absolute atomic E-state index is 0.0848. The van der Waals surface area contributed by atoms with Crippen molar-refractivity contribution in [2.24, 2.45) is 0 Å². The van der Waals surface area contributed by atoms with Crippen molar-refractivity contribution in [2.75, 3.05) is 0 Å². The van der Waals surface area contributed by atoms with Gasteiger partial charge in [-0.3, -0.25) is 10.4 Å². The third kappa shape index (κ3) is 2.10. The molecule has 3 rings (SSSR count). The number of hydrogen-bond acceptors (Lipinski definition) is 4. The SMILES string of the molecule is CC(NC1c2ccccc2OC1(C)C)c1ncn[nH]1. The van der Waals surface area contributed by atoms with Crippen molar-refractivity contribution in [1.82, 2.24) is 20.5 Å². The highest BCUT2D eigenvalue weighted by Crippen LogP contribution is 2.43. The van der Waals surface area contributed by atoms with Gasteiger partial charge >= 0.3 is 0 Å². The maximum absolute atomic E-state index is 6.02. The molecule has 0 bridgehead atoms. The Morgan fingerprint density at radius 3 is 2.89 bits per heavy atom. The highest BCUT2D eigenvalue weighted by molar-refractivity contribution is 5.42. The number of fused-ring (bicyclic) bond motifs is 1. The predicted octanol–water partition coefficient (Wildman–Crippen LogP) is 2.37. The van der Waals surface area contributed by atoms with Crippen molar-refractivity contribution in [3.05, 3.63) is 42.0 Å². The molecule has 2 heterocycles. The molecule has 0 saturated carbocycles. The Morgan fingerprint density at radius 2 is 2.16 bits per heavy atom. The molecule has 1 aromatic heterocycles. The number of aromatic amines is 1. The van der Waals surface area contributed by atoms with E-state index in [0.29, 0.717) is 0 Å². The normalized spacial score (nSPS) is 21.7. The second-order valence-corrected chi connectivity index (χ2v) is 5.44. The average molecular weight is 258 g/mol. The third-order valence-corrected chi connectivity index (χ3v) is 3.56. The Balaban J connectivity index is 1.87. The van der Waals surface area contributed by atoms with Crippen molar-refractivity contribution in [3.63, 3.8) is 0 Å². The topological polar surface area (TPSA) is 62.8 Å². The number of ether oxygens (including phenoxy) is 1. The van der Waals surface area contributed by atoms with Crippen LogP contribution in [0.1, 0.15) is 44.2 Å². The lowest BCUT2D eigenvalue weighted by Gasteiger charge is -2.29. The van der Waals surface area contributed by atoms with E-state index in [-0.39, 0.29) is 17.7 Å². The minimum Gasteiger partial charge on any atom is -0.486 e. The lowest BCUT2D eigenvalue weighted by molar-refractivity contribution is 0.0914. The highest BCUT2D eigenvalue weighted by atomic mass is 16.5. The second-order valence-electron chi connectivity index (χ2n) is 5.44. The van der Waals surface area contributed by atoms with Gasteiger partial charge in [0.1, 0.15) is 23.5 Å². The van der Waals surface area contributed by atoms with E-state index in [0.717, 1.165) is 11.6 Å². The first-order chi connectivity index (χ1) is 9.08. The van der Waals surface area contributed by atoms with Crippen LogP contribution in [0.5, 0.6) is 5.75 Å². The molecule has 2 N–H and O–H groups in total. The van der Waals surface area contributed by atoms with Crippen LogP contribution in [0.25, 0.3) is 0 Å². The van der Waals surface area contributed by atoms with E-state index < -0.39 is 0 Å². The maximum atomic E-state index is 6.02. The second kappa shape index (κ2) is 4.35. The Labute approximate surface area is 112 Å². The fourth-order valence-corrected chi connectivity index (χ4v) is 2.57. The number of aromatic nitrogens is 3. The number of rotatable bonds is 3. The van der Waals surface area contributed by atoms with Crippen LogP contribution in [0.4, 0.5) is 0 Å². The first-order valence-corrected chi connectivity index (χ1v) is 6.47. The summed E-state index contributed by atoms with van der Waals surface area (Å²) in [5.74, 6) is 1.79. The number of nitrogens with one attached hydrogen (secondary N) is 2. The number of para-hydroxylation sites is 1. The zero-order chi connectivity index (χ0) is 13.5. The van der Waals surface area contributed by atoms with Crippen molar-refractivity contribution in [1.29, 1.82) is 0 Å². The Morgan fingerprint density at radius 1 is 1.37 bits per heavy atom. The minimum atomic E-state index is -0.280. The summed E-state index contributed by atoms with van der Waals surface area (Å²) in [4.78, 5) is 4.19. The summed E-state index contributed by atoms with van der Waals surface area (Å²) in [7, 11) is 0. The van der Waals surface area contributed by atoms with Gasteiger partial charge in [0.05, 0.1) is 12.1 Å². The maximum Gasteiger partial charge on any atom is 0.141 e. The first-order valence-electron chi connectivity index (χ1n) is 6.47. The van der Waals surface area contributed by atoms with Crippen molar-refractivity contribution < 1.29 is 4.74 Å². The zero-order valence-corrected chi connectivity index (χ0v) is 11.3. The first kappa shape index (κ1) is 12.2. The summed E-state index contributed by atoms with van der Waals surface area (Å²) in [6, 6.07) is 8.37. The van der Waals surface area contributed by atoms with Crippen LogP contribution in [0.2, 0.25) is 0 Å². The molecule has 100 valence electrons. The molecule has 0 saturated heterocycles. The molecular formula is C14H18N4O. The molecule has 1 aromatic carbocycles. The van der Waals surface area contributed by atoms with Gasteiger partial charge in [0.2, 0.25) is 0 Å². The van der Waals surface area contributed by atoms with Gasteiger partial charge < -0.3 is 4.74 Å². The van der Waals surface area contributed by atoms with E-state index in [1.54, 1.807) is 0 Å². The van der Waals surface area contributed by atoms with E-state index in [1.807, 2.05) is 18.2 Å². The summed E-state index contributed by atoms with van der Waals surface area (Å²) in [6.45, 7) is 6.26. The molecule has 5 nitrogen and oxygen atoms in total. The number of nitrogens with zero attached hydrogens (tertiary/aromatic N) is 2. The van der Waals surface area contributed by atoms with Crippen molar-refractivity contribution in [3.8, 4) is 5.75 Å². The van der Waals surface area contributed by atoms with Gasteiger partial charge in [0.25, 0.3) is 0 Å². The van der Waals surface area contributed by atoms with Gasteiger partial charge in [-0.1, -0.05) is 18.2 Å². The molecule has 0 spiro atoms. The lowest BCUT2D eigenvalue weighted by atomic mass is 9.94. The molecule has 2 atom stereocenters. The fourth-order valence-electron chi connectivity index (χ4n) is 2.57. The predicted molar refractivity (Wildman–Crippen MR) is 71.8 cm³/mol. The van der Waals surface area contributed by atoms with E-state index in [9.17, 15) is 0 Å². The zero-order valence-electron chi connectivity index (χ0n) is 11.3. The van der Waals surface area contributed by atoms with Gasteiger partial charge in [-0.2, -0.15) is 5.10 Å². The smallest absolute Gasteiger partial charge is 0.141 e. The lowest BCUT2D eigenvalue weighted by Crippen LogP contribution is -2.40. The summed E-state index contributed by atoms with van der Waals surface area (Å²) < 4.78 is 6.02. The quantitative estimate of drug-likeness (QED) is 0.887. The summed E-state index contributed by atoms with van der Waals surface area (Å²) in [5, 5.41) is 10.4. The monoisotopic (exact) mass is 258 g/mol. The van der Waals surface area contributed by atoms with Crippen LogP contribution < -0.4 is 10.1 Å². The van der Waals surface area contributed by atoms with Crippen LogP contribution in [0, 0.1) is 0 Å². The fraction of sp³-hybridized carbons (Fsp3) is 0.429. The molecule has 0 amide bonds. The third-order valence-electron chi connectivity index (χ3n) is 3.56. The Hall–Kier alpha value is -1.88. The molecule has 2 unspecified atom stereocenters. The van der Waals surface area contributed by atoms with Gasteiger partial charge in [-0.25, -0.2) is 4.98 Å². The van der Waals surface area contributed by atoms with E-state index >= 15 is 0 Å². The Kier molecular flexibility index (Phi) is 2.78. The number of hydrogen-bond donors (Lipinski definition) is 2. The standard InChI is InChI=1S/C14H18N4O/c1-9(13-15-8-16-18-13)17-12-10-6-4-5-7-11(10)19-14(12,2)3/h4-9,12,17H,1-3H3,(H,15,16,18). The molecular weight excluding hydrogens is 240 g/mol.